The number of carboxylic acids is 1. The fourth-order valence-electron chi connectivity index (χ4n) is 2.47. The lowest BCUT2D eigenvalue weighted by atomic mass is 9.83. The Morgan fingerprint density at radius 2 is 1.90 bits per heavy atom. The molecule has 5 nitrogen and oxygen atoms in total. The van der Waals surface area contributed by atoms with Crippen LogP contribution in [-0.4, -0.2) is 25.0 Å². The lowest BCUT2D eigenvalue weighted by Gasteiger charge is -2.33. The summed E-state index contributed by atoms with van der Waals surface area (Å²) >= 11 is 5.78. The van der Waals surface area contributed by atoms with Crippen LogP contribution in [0.5, 0.6) is 0 Å². The van der Waals surface area contributed by atoms with E-state index in [1.54, 1.807) is 6.07 Å². The molecule has 0 aliphatic heterocycles. The molecule has 20 heavy (non-hydrogen) atoms. The summed E-state index contributed by atoms with van der Waals surface area (Å²) in [6.07, 6.45) is 2.94. The summed E-state index contributed by atoms with van der Waals surface area (Å²) in [5.41, 5.74) is -1.40. The van der Waals surface area contributed by atoms with Crippen molar-refractivity contribution in [3.8, 4) is 0 Å². The molecular weight excluding hydrogens is 302 g/mol. The summed E-state index contributed by atoms with van der Waals surface area (Å²) in [7, 11) is -3.90. The number of halogens is 1. The van der Waals surface area contributed by atoms with E-state index >= 15 is 0 Å². The number of nitrogens with one attached hydrogen (secondary N) is 1. The van der Waals surface area contributed by atoms with Crippen molar-refractivity contribution < 1.29 is 18.3 Å². The molecule has 0 amide bonds. The summed E-state index contributed by atoms with van der Waals surface area (Å²) in [4.78, 5) is 11.5. The Balaban J connectivity index is 2.32. The van der Waals surface area contributed by atoms with Crippen molar-refractivity contribution >= 4 is 27.6 Å². The molecule has 1 aromatic rings. The van der Waals surface area contributed by atoms with Crippen LogP contribution in [0.3, 0.4) is 0 Å². The second kappa shape index (κ2) is 5.71. The molecule has 7 heteroatoms. The smallest absolute Gasteiger partial charge is 0.324 e. The molecule has 1 fully saturated rings. The third kappa shape index (κ3) is 3.13. The van der Waals surface area contributed by atoms with E-state index in [0.717, 1.165) is 6.42 Å². The maximum Gasteiger partial charge on any atom is 0.324 e. The van der Waals surface area contributed by atoms with Crippen molar-refractivity contribution in [1.82, 2.24) is 4.72 Å². The van der Waals surface area contributed by atoms with E-state index in [1.165, 1.54) is 18.2 Å². The first-order chi connectivity index (χ1) is 9.36. The SMILES string of the molecule is O=C(O)C1(NS(=O)(=O)c2cccc(Cl)c2)CCCCC1. The molecule has 0 radical (unpaired) electrons. The predicted octanol–water partition coefficient (Wildman–Crippen LogP) is 2.41. The van der Waals surface area contributed by atoms with Gasteiger partial charge in [0.2, 0.25) is 10.0 Å². The van der Waals surface area contributed by atoms with Gasteiger partial charge in [-0.3, -0.25) is 4.79 Å². The number of benzene rings is 1. The summed E-state index contributed by atoms with van der Waals surface area (Å²) in [5, 5.41) is 9.69. The maximum absolute atomic E-state index is 12.3. The Bertz CT molecular complexity index is 609. The van der Waals surface area contributed by atoms with Crippen LogP contribution in [-0.2, 0) is 14.8 Å². The molecular formula is C13H16ClNO4S. The molecule has 0 unspecified atom stereocenters. The van der Waals surface area contributed by atoms with E-state index < -0.39 is 21.5 Å². The number of hydrogen-bond donors (Lipinski definition) is 2. The lowest BCUT2D eigenvalue weighted by molar-refractivity contribution is -0.145. The van der Waals surface area contributed by atoms with Crippen molar-refractivity contribution in [2.45, 2.75) is 42.5 Å². The van der Waals surface area contributed by atoms with E-state index in [1.807, 2.05) is 0 Å². The maximum atomic E-state index is 12.3. The van der Waals surface area contributed by atoms with Gasteiger partial charge in [-0.2, -0.15) is 4.72 Å². The number of aliphatic carboxylic acids is 1. The summed E-state index contributed by atoms with van der Waals surface area (Å²) in [5.74, 6) is -1.12. The highest BCUT2D eigenvalue weighted by Crippen LogP contribution is 2.30. The van der Waals surface area contributed by atoms with Crippen molar-refractivity contribution in [3.63, 3.8) is 0 Å². The molecule has 1 aliphatic rings. The first-order valence-electron chi connectivity index (χ1n) is 6.39. The van der Waals surface area contributed by atoms with Gasteiger partial charge in [0.05, 0.1) is 4.90 Å². The zero-order chi connectivity index (χ0) is 14.8. The molecule has 110 valence electrons. The minimum absolute atomic E-state index is 0.0174. The molecule has 0 spiro atoms. The molecule has 0 aromatic heterocycles. The molecule has 2 rings (SSSR count). The van der Waals surface area contributed by atoms with Crippen LogP contribution < -0.4 is 4.72 Å². The van der Waals surface area contributed by atoms with Gasteiger partial charge in [-0.05, 0) is 31.0 Å². The standard InChI is InChI=1S/C13H16ClNO4S/c14-10-5-4-6-11(9-10)20(18,19)15-13(12(16)17)7-2-1-3-8-13/h4-6,9,15H,1-3,7-8H2,(H,16,17). The Hall–Kier alpha value is -1.11. The highest BCUT2D eigenvalue weighted by atomic mass is 35.5. The molecule has 0 atom stereocenters. The van der Waals surface area contributed by atoms with Crippen molar-refractivity contribution in [2.24, 2.45) is 0 Å². The van der Waals surface area contributed by atoms with Crippen LogP contribution in [0.1, 0.15) is 32.1 Å². The van der Waals surface area contributed by atoms with Crippen LogP contribution in [0, 0.1) is 0 Å². The van der Waals surface area contributed by atoms with Gasteiger partial charge in [0.1, 0.15) is 5.54 Å². The quantitative estimate of drug-likeness (QED) is 0.893. The number of carbonyl (C=O) groups is 1. The van der Waals surface area contributed by atoms with Crippen molar-refractivity contribution in [1.29, 1.82) is 0 Å². The van der Waals surface area contributed by atoms with E-state index in [4.69, 9.17) is 11.6 Å². The molecule has 1 aliphatic carbocycles. The highest BCUT2D eigenvalue weighted by Gasteiger charge is 2.43. The highest BCUT2D eigenvalue weighted by molar-refractivity contribution is 7.89. The lowest BCUT2D eigenvalue weighted by Crippen LogP contribution is -2.55. The fraction of sp³-hybridized carbons (Fsp3) is 0.462. The minimum Gasteiger partial charge on any atom is -0.480 e. The van der Waals surface area contributed by atoms with E-state index in [2.05, 4.69) is 4.72 Å². The summed E-state index contributed by atoms with van der Waals surface area (Å²) in [6, 6.07) is 5.79. The summed E-state index contributed by atoms with van der Waals surface area (Å²) in [6.45, 7) is 0. The first kappa shape index (κ1) is 15.3. The van der Waals surface area contributed by atoms with Crippen LogP contribution in [0.15, 0.2) is 29.2 Å². The minimum atomic E-state index is -3.90. The Kier molecular flexibility index (Phi) is 4.36. The van der Waals surface area contributed by atoms with Gasteiger partial charge in [0, 0.05) is 5.02 Å². The number of hydrogen-bond acceptors (Lipinski definition) is 3. The fourth-order valence-corrected chi connectivity index (χ4v) is 4.18. The van der Waals surface area contributed by atoms with Gasteiger partial charge >= 0.3 is 5.97 Å². The van der Waals surface area contributed by atoms with E-state index in [9.17, 15) is 18.3 Å². The van der Waals surface area contributed by atoms with Gasteiger partial charge in [0.25, 0.3) is 0 Å². The van der Waals surface area contributed by atoms with Gasteiger partial charge in [-0.25, -0.2) is 8.42 Å². The Labute approximate surface area is 123 Å². The van der Waals surface area contributed by atoms with E-state index in [-0.39, 0.29) is 4.90 Å². The molecule has 0 saturated heterocycles. The topological polar surface area (TPSA) is 83.5 Å². The van der Waals surface area contributed by atoms with Crippen LogP contribution in [0.4, 0.5) is 0 Å². The number of sulfonamides is 1. The van der Waals surface area contributed by atoms with Crippen LogP contribution in [0.2, 0.25) is 5.02 Å². The zero-order valence-electron chi connectivity index (χ0n) is 10.8. The normalized spacial score (nSPS) is 18.6. The molecule has 1 saturated carbocycles. The predicted molar refractivity (Wildman–Crippen MR) is 75.2 cm³/mol. The first-order valence-corrected chi connectivity index (χ1v) is 8.25. The third-order valence-electron chi connectivity index (χ3n) is 3.55. The zero-order valence-corrected chi connectivity index (χ0v) is 12.4. The average molecular weight is 318 g/mol. The van der Waals surface area contributed by atoms with Gasteiger partial charge in [0.15, 0.2) is 0 Å². The Morgan fingerprint density at radius 1 is 1.25 bits per heavy atom. The van der Waals surface area contributed by atoms with Crippen LogP contribution >= 0.6 is 11.6 Å². The second-order valence-electron chi connectivity index (χ2n) is 5.01. The van der Waals surface area contributed by atoms with Gasteiger partial charge in [-0.1, -0.05) is 36.9 Å². The third-order valence-corrected chi connectivity index (χ3v) is 5.32. The molecule has 0 heterocycles. The van der Waals surface area contributed by atoms with Crippen LogP contribution in [0.25, 0.3) is 0 Å². The summed E-state index contributed by atoms with van der Waals surface area (Å²) < 4.78 is 27.0. The van der Waals surface area contributed by atoms with Crippen molar-refractivity contribution in [3.05, 3.63) is 29.3 Å². The number of rotatable bonds is 4. The molecule has 1 aromatic carbocycles. The van der Waals surface area contributed by atoms with Gasteiger partial charge < -0.3 is 5.11 Å². The second-order valence-corrected chi connectivity index (χ2v) is 7.13. The average Bonchev–Trinajstić information content (AvgIpc) is 2.39. The largest absolute Gasteiger partial charge is 0.480 e. The molecule has 0 bridgehead atoms. The molecule has 2 N–H and O–H groups in total. The Morgan fingerprint density at radius 3 is 2.45 bits per heavy atom. The monoisotopic (exact) mass is 317 g/mol. The van der Waals surface area contributed by atoms with E-state index in [0.29, 0.717) is 30.7 Å². The van der Waals surface area contributed by atoms with Gasteiger partial charge in [-0.15, -0.1) is 0 Å². The number of carboxylic acid groups (broad SMARTS) is 1. The van der Waals surface area contributed by atoms with Crippen molar-refractivity contribution in [2.75, 3.05) is 0 Å².